The van der Waals surface area contributed by atoms with E-state index < -0.39 is 0 Å². The second kappa shape index (κ2) is 10.9. The summed E-state index contributed by atoms with van der Waals surface area (Å²) in [5, 5.41) is 0. The van der Waals surface area contributed by atoms with E-state index >= 15 is 0 Å². The van der Waals surface area contributed by atoms with Gasteiger partial charge in [-0.1, -0.05) is 36.4 Å². The number of hydrogen-bond donors (Lipinski definition) is 0. The van der Waals surface area contributed by atoms with Crippen molar-refractivity contribution >= 4 is 42.9 Å². The number of hydrogen-bond acceptors (Lipinski definition) is 2. The third-order valence-corrected chi connectivity index (χ3v) is 2.03. The van der Waals surface area contributed by atoms with Crippen LogP contribution in [0.1, 0.15) is 0 Å². The summed E-state index contributed by atoms with van der Waals surface area (Å²) in [5.74, 6) is 0. The summed E-state index contributed by atoms with van der Waals surface area (Å²) in [4.78, 5) is 8.49. The first-order chi connectivity index (χ1) is 9.36. The molecule has 0 aliphatic carbocycles. The van der Waals surface area contributed by atoms with Crippen molar-refractivity contribution in [1.29, 1.82) is 0 Å². The van der Waals surface area contributed by atoms with E-state index in [4.69, 9.17) is 19.1 Å². The predicted octanol–water partition coefficient (Wildman–Crippen LogP) is 5.17. The van der Waals surface area contributed by atoms with Crippen LogP contribution in [0.5, 0.6) is 0 Å². The third-order valence-electron chi connectivity index (χ3n) is 2.03. The Morgan fingerprint density at radius 1 is 0.684 bits per heavy atom. The Bertz CT molecular complexity index is 454. The van der Waals surface area contributed by atoms with Gasteiger partial charge in [-0.2, -0.15) is 0 Å². The van der Waals surface area contributed by atoms with Gasteiger partial charge < -0.3 is 0 Å². The molecule has 2 aromatic rings. The van der Waals surface area contributed by atoms with Crippen LogP contribution in [0.25, 0.3) is 0 Å². The quantitative estimate of drug-likeness (QED) is 0.514. The van der Waals surface area contributed by atoms with E-state index in [1.807, 2.05) is 60.7 Å². The van der Waals surface area contributed by atoms with Crippen molar-refractivity contribution < 1.29 is 15.9 Å². The Morgan fingerprint density at radius 3 is 1.32 bits per heavy atom. The molecule has 2 aromatic carbocycles. The molecule has 0 spiro atoms. The molecule has 2 rings (SSSR count). The number of para-hydroxylation sites is 2. The molecule has 0 fully saturated rings. The molecular formula is C14H12Cl2N2Pd. The molecule has 19 heavy (non-hydrogen) atoms. The summed E-state index contributed by atoms with van der Waals surface area (Å²) in [6.07, 6.45) is 3.39. The molecule has 0 heterocycles. The van der Waals surface area contributed by atoms with Gasteiger partial charge in [-0.05, 0) is 24.3 Å². The summed E-state index contributed by atoms with van der Waals surface area (Å²) in [6, 6.07) is 19.6. The molecule has 2 nitrogen and oxygen atoms in total. The van der Waals surface area contributed by atoms with Crippen LogP contribution in [0.4, 0.5) is 11.4 Å². The molecule has 0 unspecified atom stereocenters. The molecule has 0 saturated heterocycles. The summed E-state index contributed by atoms with van der Waals surface area (Å²) in [5.41, 5.74) is 1.86. The Morgan fingerprint density at radius 2 is 1.00 bits per heavy atom. The monoisotopic (exact) mass is 384 g/mol. The second-order valence-corrected chi connectivity index (χ2v) is 5.63. The minimum atomic E-state index is -0.106. The third kappa shape index (κ3) is 7.92. The van der Waals surface area contributed by atoms with Crippen LogP contribution in [0.15, 0.2) is 70.6 Å². The Balaban J connectivity index is 0.000000550. The fraction of sp³-hybridized carbons (Fsp3) is 0. The topological polar surface area (TPSA) is 24.7 Å². The Kier molecular flexibility index (Phi) is 9.22. The zero-order valence-electron chi connectivity index (χ0n) is 9.89. The molecule has 0 saturated carbocycles. The molecule has 0 radical (unpaired) electrons. The van der Waals surface area contributed by atoms with Gasteiger partial charge in [-0.25, -0.2) is 0 Å². The van der Waals surface area contributed by atoms with E-state index in [-0.39, 0.29) is 15.9 Å². The summed E-state index contributed by atoms with van der Waals surface area (Å²) < 4.78 is 0. The molecular weight excluding hydrogens is 373 g/mol. The zero-order valence-corrected chi connectivity index (χ0v) is 13.0. The van der Waals surface area contributed by atoms with Crippen LogP contribution in [-0.2, 0) is 15.9 Å². The number of nitrogens with zero attached hydrogens (tertiary/aromatic N) is 2. The summed E-state index contributed by atoms with van der Waals surface area (Å²) in [7, 11) is 9.63. The van der Waals surface area contributed by atoms with Gasteiger partial charge >= 0.3 is 35.0 Å². The average Bonchev–Trinajstić information content (AvgIpc) is 2.47. The van der Waals surface area contributed by atoms with Gasteiger partial charge in [0.15, 0.2) is 0 Å². The van der Waals surface area contributed by atoms with Gasteiger partial charge in [0.05, 0.1) is 11.4 Å². The maximum absolute atomic E-state index is 4.81. The number of aliphatic imine (C=N–C) groups is 2. The number of benzene rings is 2. The molecule has 0 amide bonds. The molecule has 0 aliphatic rings. The summed E-state index contributed by atoms with van der Waals surface area (Å²) in [6.45, 7) is 0. The van der Waals surface area contributed by atoms with Crippen LogP contribution in [0.2, 0.25) is 0 Å². The molecule has 0 aliphatic heterocycles. The van der Waals surface area contributed by atoms with Gasteiger partial charge in [0.1, 0.15) is 0 Å². The van der Waals surface area contributed by atoms with E-state index in [9.17, 15) is 0 Å². The van der Waals surface area contributed by atoms with Crippen molar-refractivity contribution in [2.75, 3.05) is 0 Å². The van der Waals surface area contributed by atoms with Gasteiger partial charge in [0.25, 0.3) is 0 Å². The van der Waals surface area contributed by atoms with E-state index in [0.29, 0.717) is 0 Å². The van der Waals surface area contributed by atoms with Crippen LogP contribution >= 0.6 is 19.1 Å². The molecule has 0 bridgehead atoms. The molecule has 0 atom stereocenters. The first-order valence-electron chi connectivity index (χ1n) is 5.36. The fourth-order valence-corrected chi connectivity index (χ4v) is 1.27. The van der Waals surface area contributed by atoms with Crippen LogP contribution in [0.3, 0.4) is 0 Å². The Labute approximate surface area is 129 Å². The van der Waals surface area contributed by atoms with Crippen LogP contribution in [0, 0.1) is 0 Å². The van der Waals surface area contributed by atoms with Crippen molar-refractivity contribution in [2.24, 2.45) is 9.98 Å². The van der Waals surface area contributed by atoms with Crippen LogP contribution in [-0.4, -0.2) is 12.4 Å². The standard InChI is InChI=1S/C14H12N2.2ClH.Pd/c1-3-7-13(8-4-1)15-11-12-16-14-9-5-2-6-10-14;;;/h1-12H;2*1H;/q;;;+2/p-2. The first-order valence-corrected chi connectivity index (χ1v) is 9.36. The molecule has 0 N–H and O–H groups in total. The molecule has 0 aromatic heterocycles. The number of rotatable bonds is 3. The SMILES string of the molecule is C(C=Nc1ccccc1)=Nc1ccccc1.[Cl][Pd][Cl]. The van der Waals surface area contributed by atoms with E-state index in [1.165, 1.54) is 0 Å². The van der Waals surface area contributed by atoms with Crippen molar-refractivity contribution in [3.8, 4) is 0 Å². The van der Waals surface area contributed by atoms with Crippen LogP contribution < -0.4 is 0 Å². The predicted molar refractivity (Wildman–Crippen MR) is 80.9 cm³/mol. The van der Waals surface area contributed by atoms with Gasteiger partial charge in [-0.15, -0.1) is 0 Å². The Hall–Kier alpha value is -0.978. The van der Waals surface area contributed by atoms with E-state index in [2.05, 4.69) is 9.98 Å². The molecule has 5 heteroatoms. The number of halogens is 2. The van der Waals surface area contributed by atoms with E-state index in [0.717, 1.165) is 11.4 Å². The normalized spacial score (nSPS) is 10.6. The van der Waals surface area contributed by atoms with Gasteiger partial charge in [0, 0.05) is 12.4 Å². The molecule has 102 valence electrons. The van der Waals surface area contributed by atoms with E-state index in [1.54, 1.807) is 12.4 Å². The van der Waals surface area contributed by atoms with Crippen molar-refractivity contribution in [3.63, 3.8) is 0 Å². The zero-order chi connectivity index (χ0) is 13.8. The van der Waals surface area contributed by atoms with Crippen molar-refractivity contribution in [3.05, 3.63) is 60.7 Å². The fourth-order valence-electron chi connectivity index (χ4n) is 1.27. The van der Waals surface area contributed by atoms with Gasteiger partial charge in [0.2, 0.25) is 0 Å². The van der Waals surface area contributed by atoms with Crippen molar-refractivity contribution in [1.82, 2.24) is 0 Å². The maximum atomic E-state index is 4.81. The van der Waals surface area contributed by atoms with Gasteiger partial charge in [-0.3, -0.25) is 9.98 Å². The minimum absolute atomic E-state index is 0.106. The summed E-state index contributed by atoms with van der Waals surface area (Å²) >= 11 is -0.106. The van der Waals surface area contributed by atoms with Crippen molar-refractivity contribution in [2.45, 2.75) is 0 Å². The second-order valence-electron chi connectivity index (χ2n) is 3.27. The first kappa shape index (κ1) is 16.1. The average molecular weight is 386 g/mol.